The molecule has 0 radical (unpaired) electrons. The molecule has 4 aromatic rings. The predicted octanol–water partition coefficient (Wildman–Crippen LogP) is 20.4. The molecular formula is C51H66N5PS12. The van der Waals surface area contributed by atoms with Gasteiger partial charge in [-0.1, -0.05) is 181 Å². The number of unbranched alkanes of at least 4 members (excludes halogenated alkanes) is 8. The van der Waals surface area contributed by atoms with Crippen molar-refractivity contribution >= 4 is 157 Å². The summed E-state index contributed by atoms with van der Waals surface area (Å²) in [5.74, 6) is 5.02. The van der Waals surface area contributed by atoms with E-state index in [1.54, 1.807) is 0 Å². The third-order valence-corrected chi connectivity index (χ3v) is 27.9. The zero-order valence-corrected chi connectivity index (χ0v) is 50.5. The average Bonchev–Trinajstić information content (AvgIpc) is 4.21. The number of amidine groups is 1. The van der Waals surface area contributed by atoms with Crippen LogP contribution in [0.4, 0.5) is 0 Å². The van der Waals surface area contributed by atoms with Crippen LogP contribution in [0.2, 0.25) is 0 Å². The normalized spacial score (nSPS) is 15.0. The van der Waals surface area contributed by atoms with Gasteiger partial charge < -0.3 is 14.9 Å². The molecule has 0 amide bonds. The number of hydrogen-bond donors (Lipinski definition) is 2. The van der Waals surface area contributed by atoms with Gasteiger partial charge in [0.25, 0.3) is 0 Å². The lowest BCUT2D eigenvalue weighted by Crippen LogP contribution is -2.10. The summed E-state index contributed by atoms with van der Waals surface area (Å²) in [6.07, 6.45) is 24.6. The summed E-state index contributed by atoms with van der Waals surface area (Å²) in [6.45, 7) is 9.11. The molecule has 3 N–H and O–H groups in total. The Labute approximate surface area is 468 Å². The van der Waals surface area contributed by atoms with Crippen molar-refractivity contribution in [3.8, 4) is 17.4 Å². The minimum Gasteiger partial charge on any atom is -0.384 e. The number of hydrogen-bond acceptors (Lipinski definition) is 14. The van der Waals surface area contributed by atoms with Crippen LogP contribution in [-0.4, -0.2) is 38.0 Å². The van der Waals surface area contributed by atoms with Crippen LogP contribution in [0.15, 0.2) is 127 Å². The number of nitriles is 1. The Balaban J connectivity index is 0.000000250. The van der Waals surface area contributed by atoms with Gasteiger partial charge in [-0.2, -0.15) is 15.2 Å². The molecular weight excluding hydrogens is 1100 g/mol. The summed E-state index contributed by atoms with van der Waals surface area (Å²) < 4.78 is 16.2. The molecule has 0 spiro atoms. The summed E-state index contributed by atoms with van der Waals surface area (Å²) >= 11 is 23.9. The fraction of sp³-hybridized carbons (Fsp3) is 0.412. The van der Waals surface area contributed by atoms with Crippen molar-refractivity contribution < 1.29 is 0 Å². The number of nitrogens with two attached hydrogens (primary N) is 1. The third-order valence-electron chi connectivity index (χ3n) is 10.4. The lowest BCUT2D eigenvalue weighted by Gasteiger charge is -2.06. The van der Waals surface area contributed by atoms with Crippen LogP contribution >= 0.6 is 151 Å². The van der Waals surface area contributed by atoms with E-state index in [-0.39, 0.29) is 23.2 Å². The van der Waals surface area contributed by atoms with Crippen LogP contribution in [0.25, 0.3) is 11.4 Å². The first-order valence-corrected chi connectivity index (χ1v) is 33.6. The van der Waals surface area contributed by atoms with Crippen molar-refractivity contribution in [2.75, 3.05) is 23.0 Å². The first-order chi connectivity index (χ1) is 32.8. The molecule has 8 rings (SSSR count). The Morgan fingerprint density at radius 2 is 0.783 bits per heavy atom. The Kier molecular flexibility index (Phi) is 27.1. The van der Waals surface area contributed by atoms with Gasteiger partial charge in [0.2, 0.25) is 0 Å². The highest BCUT2D eigenvalue weighted by molar-refractivity contribution is 8.43. The Morgan fingerprint density at radius 3 is 1.06 bits per heavy atom. The topological polar surface area (TPSA) is 83.5 Å². The van der Waals surface area contributed by atoms with Crippen molar-refractivity contribution in [2.24, 2.45) is 5.73 Å². The van der Waals surface area contributed by atoms with E-state index in [0.29, 0.717) is 5.56 Å². The number of thioether (sulfide) groups is 12. The second-order valence-corrected chi connectivity index (χ2v) is 30.5. The van der Waals surface area contributed by atoms with E-state index in [1.807, 2.05) is 143 Å². The van der Waals surface area contributed by atoms with Crippen molar-refractivity contribution in [1.82, 2.24) is 9.13 Å². The van der Waals surface area contributed by atoms with Crippen molar-refractivity contribution in [3.05, 3.63) is 118 Å². The highest BCUT2D eigenvalue weighted by atomic mass is 32.3. The number of nitrogen functional groups attached to an aromatic ring is 1. The molecule has 1 unspecified atom stereocenters. The fourth-order valence-electron chi connectivity index (χ4n) is 6.70. The highest BCUT2D eigenvalue weighted by Crippen LogP contribution is 2.66. The number of nitrogens with one attached hydrogen (secondary N) is 1. The van der Waals surface area contributed by atoms with E-state index in [2.05, 4.69) is 115 Å². The minimum absolute atomic E-state index is 0. The highest BCUT2D eigenvalue weighted by Gasteiger charge is 2.32. The quantitative estimate of drug-likeness (QED) is 0.0320. The van der Waals surface area contributed by atoms with Crippen molar-refractivity contribution in [2.45, 2.75) is 132 Å². The summed E-state index contributed by atoms with van der Waals surface area (Å²) in [4.78, 5) is 5.31. The second-order valence-electron chi connectivity index (χ2n) is 15.7. The predicted molar refractivity (Wildman–Crippen MR) is 335 cm³/mol. The maximum Gasteiger partial charge on any atom is 0.122 e. The molecule has 69 heavy (non-hydrogen) atoms. The Hall–Kier alpha value is -0.450. The first kappa shape index (κ1) is 59.4. The van der Waals surface area contributed by atoms with Gasteiger partial charge in [0, 0.05) is 61.3 Å². The van der Waals surface area contributed by atoms with Gasteiger partial charge in [0.1, 0.15) is 5.84 Å². The molecule has 5 nitrogen and oxygen atoms in total. The van der Waals surface area contributed by atoms with E-state index < -0.39 is 0 Å². The Morgan fingerprint density at radius 1 is 0.493 bits per heavy atom. The van der Waals surface area contributed by atoms with Gasteiger partial charge in [-0.3, -0.25) is 5.41 Å². The maximum absolute atomic E-state index is 9.03. The smallest absolute Gasteiger partial charge is 0.122 e. The summed E-state index contributed by atoms with van der Waals surface area (Å²) in [5, 5.41) is 16.6. The van der Waals surface area contributed by atoms with Crippen LogP contribution in [0.3, 0.4) is 0 Å². The average molecular weight is 1160 g/mol. The van der Waals surface area contributed by atoms with Gasteiger partial charge in [-0.05, 0) is 97.2 Å². The molecule has 0 saturated carbocycles. The van der Waals surface area contributed by atoms with Crippen LogP contribution in [0, 0.1) is 16.7 Å². The molecule has 4 aliphatic heterocycles. The summed E-state index contributed by atoms with van der Waals surface area (Å²) in [7, 11) is 0. The van der Waals surface area contributed by atoms with Crippen LogP contribution in [-0.2, 0) is 0 Å². The lowest BCUT2D eigenvalue weighted by molar-refractivity contribution is 0.779. The van der Waals surface area contributed by atoms with Crippen LogP contribution in [0.1, 0.15) is 123 Å². The van der Waals surface area contributed by atoms with Gasteiger partial charge >= 0.3 is 0 Å². The monoisotopic (exact) mass is 1160 g/mol. The first-order valence-electron chi connectivity index (χ1n) is 23.1. The van der Waals surface area contributed by atoms with E-state index in [9.17, 15) is 0 Å². The number of aromatic nitrogens is 2. The second kappa shape index (κ2) is 31.4. The van der Waals surface area contributed by atoms with E-state index >= 15 is 0 Å². The van der Waals surface area contributed by atoms with Crippen molar-refractivity contribution in [3.63, 3.8) is 0 Å². The zero-order chi connectivity index (χ0) is 47.0. The van der Waals surface area contributed by atoms with E-state index in [0.717, 1.165) is 16.9 Å². The molecule has 4 aliphatic rings. The molecule has 0 saturated heterocycles. The van der Waals surface area contributed by atoms with E-state index in [4.69, 9.17) is 16.4 Å². The zero-order valence-electron chi connectivity index (χ0n) is 39.3. The molecule has 1 atom stereocenters. The maximum atomic E-state index is 9.03. The van der Waals surface area contributed by atoms with Gasteiger partial charge in [0.15, 0.2) is 0 Å². The minimum atomic E-state index is 0. The fourth-order valence-corrected chi connectivity index (χ4v) is 24.3. The Bertz CT molecular complexity index is 2380. The molecule has 0 fully saturated rings. The van der Waals surface area contributed by atoms with Crippen LogP contribution < -0.4 is 5.73 Å². The van der Waals surface area contributed by atoms with E-state index in [1.165, 1.54) is 154 Å². The molecule has 2 aromatic carbocycles. The van der Waals surface area contributed by atoms with Crippen LogP contribution in [0.5, 0.6) is 0 Å². The molecule has 372 valence electrons. The number of benzene rings is 2. The summed E-state index contributed by atoms with van der Waals surface area (Å²) in [5.41, 5.74) is 9.24. The molecule has 0 aliphatic carbocycles. The lowest BCUT2D eigenvalue weighted by atomic mass is 10.2. The van der Waals surface area contributed by atoms with Gasteiger partial charge in [-0.25, -0.2) is 0 Å². The standard InChI is InChI=1S/C25H31N3S6.C25H28N2S6.CH4.H3P/c1-3-5-7-13-29-22-23(30-14-8-6-4-2)34-25(33-22)24-31-19-15-28(16-20(19)32-24)18-11-9-17(10-12-18)21(26)27;1-3-5-7-13-28-22-23(29-14-8-6-4-2)33-25(32-22)24-30-20-16-27(17-21(20)31-24)19-11-9-18(15-26)10-12-19;;/h9-12,15-16H,3-8,13-14H2,1-2H3,(H3,26,27);9-12,16-17H,3-8,13-14H2,1-2H3;1H4;1H3. The SMILES string of the molecule is C.CCCCCSC1=C(SCCCCC)SC(=C2Sc3cn(-c4ccc(C#N)cc4)cc3S2)S1.CCCCCSC1=C(SCCCCC)SC(=C2Sc3cn(-c4ccc(C(=N)N)cc4)cc3S2)S1.P. The third kappa shape index (κ3) is 17.3. The largest absolute Gasteiger partial charge is 0.384 e. The van der Waals surface area contributed by atoms with Gasteiger partial charge in [-0.15, -0.1) is 47.0 Å². The molecule has 6 heterocycles. The molecule has 18 heteroatoms. The number of nitrogens with zero attached hydrogens (tertiary/aromatic N) is 3. The van der Waals surface area contributed by atoms with Crippen molar-refractivity contribution in [1.29, 1.82) is 10.7 Å². The molecule has 0 bridgehead atoms. The number of fused-ring (bicyclic) bond motifs is 2. The van der Waals surface area contributed by atoms with Gasteiger partial charge in [0.05, 0.1) is 45.5 Å². The summed E-state index contributed by atoms with van der Waals surface area (Å²) in [6, 6.07) is 17.8. The molecule has 2 aromatic heterocycles. The number of rotatable bonds is 23.